The van der Waals surface area contributed by atoms with Crippen LogP contribution in [0.15, 0.2) is 63.8 Å². The van der Waals surface area contributed by atoms with Gasteiger partial charge in [0.2, 0.25) is 0 Å². The summed E-state index contributed by atoms with van der Waals surface area (Å²) >= 11 is 0. The Morgan fingerprint density at radius 3 is 2.53 bits per heavy atom. The van der Waals surface area contributed by atoms with Crippen molar-refractivity contribution < 1.29 is 18.3 Å². The molecule has 0 fully saturated rings. The van der Waals surface area contributed by atoms with Crippen LogP contribution in [0, 0.1) is 5.82 Å². The van der Waals surface area contributed by atoms with Gasteiger partial charge in [0.25, 0.3) is 0 Å². The van der Waals surface area contributed by atoms with E-state index in [1.165, 1.54) is 31.6 Å². The monoisotopic (exact) mass is 410 g/mol. The van der Waals surface area contributed by atoms with Crippen LogP contribution in [-0.4, -0.2) is 13.7 Å². The van der Waals surface area contributed by atoms with Gasteiger partial charge >= 0.3 is 5.63 Å². The number of methoxy groups -OCH3 is 1. The molecule has 5 heteroatoms. The summed E-state index contributed by atoms with van der Waals surface area (Å²) in [5.74, 6) is 0.716. The van der Waals surface area contributed by atoms with Gasteiger partial charge in [-0.05, 0) is 48.1 Å². The zero-order valence-electron chi connectivity index (χ0n) is 17.4. The van der Waals surface area contributed by atoms with Crippen LogP contribution in [0.5, 0.6) is 11.5 Å². The van der Waals surface area contributed by atoms with E-state index in [9.17, 15) is 9.18 Å². The summed E-state index contributed by atoms with van der Waals surface area (Å²) in [6.45, 7) is 2.92. The van der Waals surface area contributed by atoms with E-state index in [2.05, 4.69) is 6.92 Å². The Balaban J connectivity index is 1.58. The number of benzene rings is 2. The Labute approximate surface area is 175 Å². The van der Waals surface area contributed by atoms with Crippen molar-refractivity contribution in [1.82, 2.24) is 0 Å². The number of ether oxygens (including phenoxy) is 2. The van der Waals surface area contributed by atoms with Gasteiger partial charge in [-0.15, -0.1) is 0 Å². The van der Waals surface area contributed by atoms with Crippen LogP contribution in [0.4, 0.5) is 4.39 Å². The van der Waals surface area contributed by atoms with Crippen molar-refractivity contribution in [2.75, 3.05) is 13.7 Å². The Hall–Kier alpha value is -3.08. The zero-order valence-corrected chi connectivity index (χ0v) is 17.4. The normalized spacial score (nSPS) is 11.3. The Kier molecular flexibility index (Phi) is 7.66. The van der Waals surface area contributed by atoms with Crippen molar-refractivity contribution >= 4 is 10.8 Å². The largest absolute Gasteiger partial charge is 0.494 e. The molecule has 0 unspecified atom stereocenters. The van der Waals surface area contributed by atoms with E-state index < -0.39 is 11.4 Å². The number of unbranched alkanes of at least 4 members (excludes halogenated alkanes) is 2. The van der Waals surface area contributed by atoms with Crippen LogP contribution in [0.25, 0.3) is 10.8 Å². The molecule has 1 aromatic heterocycles. The van der Waals surface area contributed by atoms with Gasteiger partial charge in [-0.2, -0.15) is 0 Å². The molecular formula is C25H27FO4. The molecule has 0 radical (unpaired) electrons. The van der Waals surface area contributed by atoms with E-state index in [-0.39, 0.29) is 11.1 Å². The molecule has 30 heavy (non-hydrogen) atoms. The molecule has 0 aliphatic carbocycles. The minimum absolute atomic E-state index is 0.0276. The number of allylic oxidation sites excluding steroid dienone is 2. The molecule has 158 valence electrons. The minimum atomic E-state index is -0.693. The van der Waals surface area contributed by atoms with Crippen molar-refractivity contribution in [1.29, 1.82) is 0 Å². The smallest absolute Gasteiger partial charge is 0.346 e. The molecule has 0 aliphatic heterocycles. The molecule has 0 bridgehead atoms. The summed E-state index contributed by atoms with van der Waals surface area (Å²) in [6.07, 6.45) is 8.63. The van der Waals surface area contributed by atoms with Crippen LogP contribution in [-0.2, 0) is 12.8 Å². The first-order chi connectivity index (χ1) is 14.6. The lowest BCUT2D eigenvalue weighted by molar-refractivity contribution is 0.306. The predicted molar refractivity (Wildman–Crippen MR) is 117 cm³/mol. The second-order valence-corrected chi connectivity index (χ2v) is 7.13. The molecule has 3 rings (SSSR count). The third kappa shape index (κ3) is 5.50. The molecular weight excluding hydrogens is 383 g/mol. The van der Waals surface area contributed by atoms with E-state index in [4.69, 9.17) is 13.9 Å². The van der Waals surface area contributed by atoms with Crippen LogP contribution < -0.4 is 15.1 Å². The molecule has 0 N–H and O–H groups in total. The van der Waals surface area contributed by atoms with E-state index in [0.717, 1.165) is 25.2 Å². The SMILES string of the molecule is CCCCCOc1ccc(C/C=C/Cc2cc3ccc(OC)c(F)c3c(=O)o2)cc1. The lowest BCUT2D eigenvalue weighted by Crippen LogP contribution is -2.05. The molecule has 0 atom stereocenters. The molecule has 0 saturated carbocycles. The second kappa shape index (κ2) is 10.6. The molecule has 0 saturated heterocycles. The van der Waals surface area contributed by atoms with E-state index in [0.29, 0.717) is 17.6 Å². The van der Waals surface area contributed by atoms with Crippen molar-refractivity contribution in [2.45, 2.75) is 39.0 Å². The summed E-state index contributed by atoms with van der Waals surface area (Å²) in [5.41, 5.74) is 0.475. The standard InChI is InChI=1S/C25H27FO4/c1-3-4-7-16-29-20-13-10-18(11-14-20)8-5-6-9-21-17-19-12-15-22(28-2)24(26)23(19)25(27)30-21/h5-6,10-15,17H,3-4,7-9,16H2,1-2H3/b6-5+. The summed E-state index contributed by atoms with van der Waals surface area (Å²) < 4.78 is 30.2. The van der Waals surface area contributed by atoms with Crippen LogP contribution in [0.1, 0.15) is 37.5 Å². The zero-order chi connectivity index (χ0) is 21.3. The van der Waals surface area contributed by atoms with E-state index in [1.54, 1.807) is 12.1 Å². The Bertz CT molecular complexity index is 1050. The summed E-state index contributed by atoms with van der Waals surface area (Å²) in [6, 6.07) is 12.9. The summed E-state index contributed by atoms with van der Waals surface area (Å²) in [7, 11) is 1.36. The average Bonchev–Trinajstić information content (AvgIpc) is 2.75. The fourth-order valence-electron chi connectivity index (χ4n) is 3.21. The predicted octanol–water partition coefficient (Wildman–Crippen LogP) is 5.85. The fraction of sp³-hybridized carbons (Fsp3) is 0.320. The van der Waals surface area contributed by atoms with Gasteiger partial charge in [-0.3, -0.25) is 0 Å². The molecule has 2 aromatic carbocycles. The summed E-state index contributed by atoms with van der Waals surface area (Å²) in [5, 5.41) is 0.418. The third-order valence-electron chi connectivity index (χ3n) is 4.88. The number of fused-ring (bicyclic) bond motifs is 1. The molecule has 0 amide bonds. The lowest BCUT2D eigenvalue weighted by Gasteiger charge is -2.06. The Morgan fingerprint density at radius 2 is 1.80 bits per heavy atom. The number of hydrogen-bond donors (Lipinski definition) is 0. The summed E-state index contributed by atoms with van der Waals surface area (Å²) in [4.78, 5) is 12.2. The molecule has 0 spiro atoms. The van der Waals surface area contributed by atoms with Gasteiger partial charge in [0.1, 0.15) is 16.9 Å². The first-order valence-corrected chi connectivity index (χ1v) is 10.3. The highest BCUT2D eigenvalue weighted by Gasteiger charge is 2.13. The first-order valence-electron chi connectivity index (χ1n) is 10.3. The van der Waals surface area contributed by atoms with Crippen LogP contribution in [0.2, 0.25) is 0 Å². The van der Waals surface area contributed by atoms with Crippen LogP contribution in [0.3, 0.4) is 0 Å². The van der Waals surface area contributed by atoms with Gasteiger partial charge in [-0.1, -0.05) is 50.1 Å². The van der Waals surface area contributed by atoms with Crippen molar-refractivity contribution in [3.8, 4) is 11.5 Å². The van der Waals surface area contributed by atoms with Gasteiger partial charge < -0.3 is 13.9 Å². The molecule has 4 nitrogen and oxygen atoms in total. The van der Waals surface area contributed by atoms with Gasteiger partial charge in [0, 0.05) is 6.42 Å². The second-order valence-electron chi connectivity index (χ2n) is 7.13. The maximum absolute atomic E-state index is 14.3. The quantitative estimate of drug-likeness (QED) is 0.311. The van der Waals surface area contributed by atoms with Crippen LogP contribution >= 0.6 is 0 Å². The Morgan fingerprint density at radius 1 is 1.03 bits per heavy atom. The first kappa shape index (κ1) is 21.6. The molecule has 3 aromatic rings. The number of halogens is 1. The highest BCUT2D eigenvalue weighted by molar-refractivity contribution is 5.83. The lowest BCUT2D eigenvalue weighted by atomic mass is 10.1. The number of rotatable bonds is 10. The fourth-order valence-corrected chi connectivity index (χ4v) is 3.21. The topological polar surface area (TPSA) is 48.7 Å². The highest BCUT2D eigenvalue weighted by atomic mass is 19.1. The maximum atomic E-state index is 14.3. The van der Waals surface area contributed by atoms with Crippen molar-refractivity contribution in [3.05, 3.63) is 82.2 Å². The van der Waals surface area contributed by atoms with Gasteiger partial charge in [-0.25, -0.2) is 9.18 Å². The minimum Gasteiger partial charge on any atom is -0.494 e. The third-order valence-corrected chi connectivity index (χ3v) is 4.88. The number of hydrogen-bond acceptors (Lipinski definition) is 4. The van der Waals surface area contributed by atoms with Gasteiger partial charge in [0.15, 0.2) is 11.6 Å². The molecule has 0 aliphatic rings. The maximum Gasteiger partial charge on any atom is 0.346 e. The van der Waals surface area contributed by atoms with Crippen molar-refractivity contribution in [3.63, 3.8) is 0 Å². The van der Waals surface area contributed by atoms with E-state index >= 15 is 0 Å². The average molecular weight is 410 g/mol. The molecule has 1 heterocycles. The van der Waals surface area contributed by atoms with Gasteiger partial charge in [0.05, 0.1) is 13.7 Å². The van der Waals surface area contributed by atoms with E-state index in [1.807, 2.05) is 36.4 Å². The highest BCUT2D eigenvalue weighted by Crippen LogP contribution is 2.24. The van der Waals surface area contributed by atoms with Crippen molar-refractivity contribution in [2.24, 2.45) is 0 Å².